The van der Waals surface area contributed by atoms with Gasteiger partial charge >= 0.3 is 12.5 Å². The van der Waals surface area contributed by atoms with Crippen molar-refractivity contribution < 1.29 is 27.1 Å². The largest absolute Gasteiger partial charge is 0.461 e. The number of nitrogens with one attached hydrogen (secondary N) is 1. The van der Waals surface area contributed by atoms with Crippen LogP contribution < -0.4 is 10.1 Å². The highest BCUT2D eigenvalue weighted by atomic mass is 32.2. The molecule has 1 amide bonds. The van der Waals surface area contributed by atoms with Crippen molar-refractivity contribution in [1.82, 2.24) is 20.1 Å². The average molecular weight is 515 g/mol. The third-order valence-electron chi connectivity index (χ3n) is 6.68. The van der Waals surface area contributed by atoms with Crippen LogP contribution in [-0.4, -0.2) is 50.3 Å². The van der Waals surface area contributed by atoms with Crippen LogP contribution >= 0.6 is 11.8 Å². The first kappa shape index (κ1) is 25.8. The summed E-state index contributed by atoms with van der Waals surface area (Å²) in [6.07, 6.45) is -2.53. The van der Waals surface area contributed by atoms with E-state index in [9.17, 15) is 22.4 Å². The third-order valence-corrected chi connectivity index (χ3v) is 7.66. The lowest BCUT2D eigenvalue weighted by atomic mass is 9.84. The van der Waals surface area contributed by atoms with Crippen LogP contribution in [-0.2, 0) is 17.6 Å². The number of fused-ring (bicyclic) bond motifs is 1. The second kappa shape index (κ2) is 9.99. The van der Waals surface area contributed by atoms with Crippen molar-refractivity contribution in [2.24, 2.45) is 5.92 Å². The fourth-order valence-electron chi connectivity index (χ4n) is 4.67. The monoisotopic (exact) mass is 514 g/mol. The summed E-state index contributed by atoms with van der Waals surface area (Å²) in [7, 11) is 0. The van der Waals surface area contributed by atoms with E-state index in [0.29, 0.717) is 30.5 Å². The molecule has 1 aliphatic heterocycles. The van der Waals surface area contributed by atoms with E-state index in [1.807, 2.05) is 30.3 Å². The first-order valence-electron chi connectivity index (χ1n) is 11.8. The fraction of sp³-hybridized carbons (Fsp3) is 0.625. The number of nitrogens with zero attached hydrogens (tertiary/aromatic N) is 3. The van der Waals surface area contributed by atoms with Gasteiger partial charge in [-0.05, 0) is 64.0 Å². The molecule has 1 aliphatic carbocycles. The number of alkyl halides is 4. The van der Waals surface area contributed by atoms with Crippen LogP contribution in [0.25, 0.3) is 11.3 Å². The van der Waals surface area contributed by atoms with E-state index in [-0.39, 0.29) is 23.4 Å². The summed E-state index contributed by atoms with van der Waals surface area (Å²) >= 11 is 1.91. The predicted molar refractivity (Wildman–Crippen MR) is 126 cm³/mol. The molecule has 2 aliphatic rings. The summed E-state index contributed by atoms with van der Waals surface area (Å²) in [5.41, 5.74) is 2.61. The van der Waals surface area contributed by atoms with E-state index >= 15 is 0 Å². The Labute approximate surface area is 206 Å². The van der Waals surface area contributed by atoms with Crippen LogP contribution in [0.15, 0.2) is 18.5 Å². The van der Waals surface area contributed by atoms with Crippen molar-refractivity contribution in [3.63, 3.8) is 0 Å². The maximum absolute atomic E-state index is 13.4. The molecule has 0 radical (unpaired) electrons. The second-order valence-corrected chi connectivity index (χ2v) is 11.0. The summed E-state index contributed by atoms with van der Waals surface area (Å²) in [5.74, 6) is 1.47. The number of hydrogen-bond acceptors (Lipinski definition) is 5. The minimum Gasteiger partial charge on any atom is -0.427 e. The minimum atomic E-state index is -4.62. The normalized spacial score (nSPS) is 20.1. The number of halogens is 4. The molecule has 35 heavy (non-hydrogen) atoms. The van der Waals surface area contributed by atoms with Gasteiger partial charge in [-0.3, -0.25) is 14.5 Å². The topological polar surface area (TPSA) is 69.0 Å². The molecule has 1 atom stereocenters. The van der Waals surface area contributed by atoms with Crippen molar-refractivity contribution in [2.75, 3.05) is 11.5 Å². The molecule has 2 aromatic heterocycles. The van der Waals surface area contributed by atoms with Gasteiger partial charge in [-0.25, -0.2) is 0 Å². The fourth-order valence-corrected chi connectivity index (χ4v) is 6.07. The second-order valence-electron chi connectivity index (χ2n) is 9.79. The molecular formula is C24H30F4N4O2S. The number of hydrogen-bond donors (Lipinski definition) is 1. The summed E-state index contributed by atoms with van der Waals surface area (Å²) < 4.78 is 58.0. The Kier molecular flexibility index (Phi) is 7.36. The molecule has 6 nitrogen and oxygen atoms in total. The SMILES string of the molecule is CC(C)n1nc(-c2cncc(OC(F)(F)C(F)F)c2)c2c1CC(C(=O)NC1(C)CCSCC1)CC2. The van der Waals surface area contributed by atoms with Crippen LogP contribution in [0.1, 0.15) is 57.3 Å². The van der Waals surface area contributed by atoms with Crippen LogP contribution in [0, 0.1) is 5.92 Å². The van der Waals surface area contributed by atoms with Crippen molar-refractivity contribution in [3.05, 3.63) is 29.7 Å². The number of ether oxygens (including phenoxy) is 1. The number of carbonyl (C=O) groups is 1. The number of amides is 1. The Balaban J connectivity index is 1.59. The Morgan fingerprint density at radius 2 is 2.00 bits per heavy atom. The molecular weight excluding hydrogens is 484 g/mol. The molecule has 11 heteroatoms. The molecule has 1 fully saturated rings. The van der Waals surface area contributed by atoms with Crippen molar-refractivity contribution in [2.45, 2.75) is 77.0 Å². The van der Waals surface area contributed by atoms with E-state index in [1.54, 1.807) is 0 Å². The molecule has 4 rings (SSSR count). The smallest absolute Gasteiger partial charge is 0.427 e. The van der Waals surface area contributed by atoms with Crippen LogP contribution in [0.4, 0.5) is 17.6 Å². The highest BCUT2D eigenvalue weighted by Crippen LogP contribution is 2.37. The van der Waals surface area contributed by atoms with E-state index in [4.69, 9.17) is 5.10 Å². The lowest BCUT2D eigenvalue weighted by molar-refractivity contribution is -0.253. The first-order chi connectivity index (χ1) is 16.5. The van der Waals surface area contributed by atoms with Crippen molar-refractivity contribution >= 4 is 17.7 Å². The van der Waals surface area contributed by atoms with Gasteiger partial charge in [-0.1, -0.05) is 0 Å². The lowest BCUT2D eigenvalue weighted by Crippen LogP contribution is -2.51. The highest BCUT2D eigenvalue weighted by Gasteiger charge is 2.44. The molecule has 0 saturated carbocycles. The molecule has 0 aromatic carbocycles. The Hall–Kier alpha value is -2.30. The molecule has 1 unspecified atom stereocenters. The zero-order chi connectivity index (χ0) is 25.4. The summed E-state index contributed by atoms with van der Waals surface area (Å²) in [4.78, 5) is 17.1. The Morgan fingerprint density at radius 3 is 2.66 bits per heavy atom. The van der Waals surface area contributed by atoms with Crippen molar-refractivity contribution in [3.8, 4) is 17.0 Å². The molecule has 0 spiro atoms. The number of carbonyl (C=O) groups excluding carboxylic acids is 1. The first-order valence-corrected chi connectivity index (χ1v) is 12.9. The number of rotatable bonds is 7. The summed E-state index contributed by atoms with van der Waals surface area (Å²) in [6, 6.07) is 1.25. The highest BCUT2D eigenvalue weighted by molar-refractivity contribution is 7.99. The van der Waals surface area contributed by atoms with Gasteiger partial charge in [0.25, 0.3) is 0 Å². The molecule has 3 heterocycles. The van der Waals surface area contributed by atoms with E-state index in [1.165, 1.54) is 12.3 Å². The van der Waals surface area contributed by atoms with E-state index < -0.39 is 18.3 Å². The van der Waals surface area contributed by atoms with Crippen LogP contribution in [0.3, 0.4) is 0 Å². The zero-order valence-electron chi connectivity index (χ0n) is 20.0. The lowest BCUT2D eigenvalue weighted by Gasteiger charge is -2.36. The van der Waals surface area contributed by atoms with Crippen LogP contribution in [0.2, 0.25) is 0 Å². The number of pyridine rings is 1. The van der Waals surface area contributed by atoms with Gasteiger partial charge in [0.1, 0.15) is 5.75 Å². The number of thioether (sulfide) groups is 1. The molecule has 1 saturated heterocycles. The number of aromatic nitrogens is 3. The minimum absolute atomic E-state index is 0.00255. The van der Waals surface area contributed by atoms with Gasteiger partial charge in [0.05, 0.1) is 11.9 Å². The van der Waals surface area contributed by atoms with Crippen molar-refractivity contribution in [1.29, 1.82) is 0 Å². The summed E-state index contributed by atoms with van der Waals surface area (Å²) in [5, 5.41) is 7.99. The Morgan fingerprint density at radius 1 is 1.29 bits per heavy atom. The van der Waals surface area contributed by atoms with Gasteiger partial charge in [-0.15, -0.1) is 0 Å². The third kappa shape index (κ3) is 5.59. The van der Waals surface area contributed by atoms with Gasteiger partial charge in [0, 0.05) is 46.9 Å². The molecule has 192 valence electrons. The predicted octanol–water partition coefficient (Wildman–Crippen LogP) is 5.27. The summed E-state index contributed by atoms with van der Waals surface area (Å²) in [6.45, 7) is 6.06. The van der Waals surface area contributed by atoms with E-state index in [2.05, 4.69) is 22.0 Å². The van der Waals surface area contributed by atoms with Gasteiger partial charge in [0.2, 0.25) is 5.91 Å². The quantitative estimate of drug-likeness (QED) is 0.510. The van der Waals surface area contributed by atoms with Gasteiger partial charge in [-0.2, -0.15) is 34.4 Å². The molecule has 2 aromatic rings. The van der Waals surface area contributed by atoms with Gasteiger partial charge in [0.15, 0.2) is 0 Å². The van der Waals surface area contributed by atoms with Gasteiger partial charge < -0.3 is 10.1 Å². The zero-order valence-corrected chi connectivity index (χ0v) is 20.8. The Bertz CT molecular complexity index is 1070. The van der Waals surface area contributed by atoms with Crippen LogP contribution in [0.5, 0.6) is 5.75 Å². The average Bonchev–Trinajstić information content (AvgIpc) is 3.18. The maximum Gasteiger partial charge on any atom is 0.461 e. The standard InChI is InChI=1S/C24H30F4N4O2S/c1-14(2)32-19-11-15(21(33)30-23(3)6-8-35-9-7-23)4-5-18(19)20(31-32)16-10-17(13-29-12-16)34-24(27,28)22(25)26/h10,12-15,22H,4-9,11H2,1-3H3,(H,30,33). The molecule has 1 N–H and O–H groups in total. The molecule has 0 bridgehead atoms. The maximum atomic E-state index is 13.4. The van der Waals surface area contributed by atoms with E-state index in [0.717, 1.165) is 41.8 Å².